The minimum absolute atomic E-state index is 0.0950. The molecule has 1 aromatic carbocycles. The van der Waals surface area contributed by atoms with Crippen LogP contribution < -0.4 is 37.3 Å². The first-order valence-corrected chi connectivity index (χ1v) is 11.3. The predicted molar refractivity (Wildman–Crippen MR) is 125 cm³/mol. The van der Waals surface area contributed by atoms with E-state index in [9.17, 15) is 4.79 Å². The summed E-state index contributed by atoms with van der Waals surface area (Å²) in [5.41, 5.74) is 12.5. The van der Waals surface area contributed by atoms with Crippen LogP contribution in [0.2, 0.25) is 0 Å². The zero-order valence-corrected chi connectivity index (χ0v) is 18.3. The number of fused-ring (bicyclic) bond motifs is 2. The Balaban J connectivity index is 1.45. The number of hydrogen-bond donors (Lipinski definition) is 4. The first-order valence-electron chi connectivity index (χ1n) is 11.3. The number of para-hydroxylation sites is 1. The van der Waals surface area contributed by atoms with Crippen molar-refractivity contribution in [3.8, 4) is 17.2 Å². The number of nitrogens with two attached hydrogens (primary N) is 2. The van der Waals surface area contributed by atoms with Crippen molar-refractivity contribution in [3.05, 3.63) is 47.2 Å². The molecule has 0 unspecified atom stereocenters. The molecule has 1 aliphatic heterocycles. The summed E-state index contributed by atoms with van der Waals surface area (Å²) < 4.78 is 13.5. The molecule has 0 spiro atoms. The van der Waals surface area contributed by atoms with Crippen LogP contribution >= 0.6 is 0 Å². The highest BCUT2D eigenvalue weighted by Gasteiger charge is 2.28. The van der Waals surface area contributed by atoms with Crippen LogP contribution in [0.1, 0.15) is 38.1 Å². The lowest BCUT2D eigenvalue weighted by molar-refractivity contribution is 0.284. The molecule has 2 aliphatic rings. The third kappa shape index (κ3) is 4.73. The van der Waals surface area contributed by atoms with E-state index in [4.69, 9.17) is 20.9 Å². The van der Waals surface area contributed by atoms with Gasteiger partial charge in [0.05, 0.1) is 6.20 Å². The summed E-state index contributed by atoms with van der Waals surface area (Å²) in [6, 6.07) is 5.63. The minimum Gasteiger partial charge on any atom is -0.490 e. The van der Waals surface area contributed by atoms with Crippen molar-refractivity contribution in [2.75, 3.05) is 31.6 Å². The van der Waals surface area contributed by atoms with Gasteiger partial charge in [0.25, 0.3) is 0 Å². The molecule has 0 radical (unpaired) electrons. The molecule has 0 saturated heterocycles. The summed E-state index contributed by atoms with van der Waals surface area (Å²) in [5.74, 6) is 2.59. The van der Waals surface area contributed by atoms with E-state index in [1.807, 2.05) is 18.2 Å². The molecule has 2 heterocycles. The van der Waals surface area contributed by atoms with E-state index in [1.165, 1.54) is 0 Å². The van der Waals surface area contributed by atoms with E-state index >= 15 is 0 Å². The monoisotopic (exact) mass is 440 g/mol. The van der Waals surface area contributed by atoms with Gasteiger partial charge in [0.1, 0.15) is 18.0 Å². The Morgan fingerprint density at radius 3 is 2.81 bits per heavy atom. The maximum Gasteiger partial charge on any atom is 0.350 e. The molecule has 0 amide bonds. The fraction of sp³-hybridized carbons (Fsp3) is 0.478. The summed E-state index contributed by atoms with van der Waals surface area (Å²) in [7, 11) is 0. The molecule has 4 rings (SSSR count). The molecule has 1 saturated carbocycles. The maximum atomic E-state index is 12.8. The van der Waals surface area contributed by atoms with Crippen LogP contribution in [0.5, 0.6) is 17.2 Å². The van der Waals surface area contributed by atoms with E-state index in [-0.39, 0.29) is 11.7 Å². The zero-order chi connectivity index (χ0) is 22.5. The van der Waals surface area contributed by atoms with Crippen molar-refractivity contribution >= 4 is 11.5 Å². The van der Waals surface area contributed by atoms with Crippen molar-refractivity contribution in [1.29, 1.82) is 0 Å². The molecule has 2 aromatic rings. The average molecular weight is 441 g/mol. The Labute approximate surface area is 187 Å². The average Bonchev–Trinajstić information content (AvgIpc) is 2.81. The van der Waals surface area contributed by atoms with Gasteiger partial charge in [-0.25, -0.2) is 4.79 Å². The van der Waals surface area contributed by atoms with Gasteiger partial charge in [0.2, 0.25) is 0 Å². The van der Waals surface area contributed by atoms with Crippen LogP contribution in [0.4, 0.5) is 11.5 Å². The SMILES string of the molecule is C=C(NCCCN)[C@H]1CC[C@H](n2cc3c(nc2=O)Nc2c(OCCN)cccc2O3)CC1. The Kier molecular flexibility index (Phi) is 6.96. The van der Waals surface area contributed by atoms with Gasteiger partial charge < -0.3 is 31.6 Å². The molecule has 172 valence electrons. The lowest BCUT2D eigenvalue weighted by Crippen LogP contribution is -2.32. The van der Waals surface area contributed by atoms with Crippen molar-refractivity contribution in [2.24, 2.45) is 17.4 Å². The number of aromatic nitrogens is 2. The number of anilines is 2. The molecule has 32 heavy (non-hydrogen) atoms. The lowest BCUT2D eigenvalue weighted by atomic mass is 9.84. The van der Waals surface area contributed by atoms with E-state index in [0.29, 0.717) is 54.4 Å². The van der Waals surface area contributed by atoms with E-state index < -0.39 is 0 Å². The van der Waals surface area contributed by atoms with Gasteiger partial charge >= 0.3 is 5.69 Å². The summed E-state index contributed by atoms with van der Waals surface area (Å²) in [6.45, 7) is 6.51. The van der Waals surface area contributed by atoms with Gasteiger partial charge in [-0.15, -0.1) is 0 Å². The maximum absolute atomic E-state index is 12.8. The molecule has 1 fully saturated rings. The Hall–Kier alpha value is -3.04. The second kappa shape index (κ2) is 10.1. The van der Waals surface area contributed by atoms with Crippen molar-refractivity contribution in [3.63, 3.8) is 0 Å². The van der Waals surface area contributed by atoms with E-state index in [1.54, 1.807) is 10.8 Å². The first kappa shape index (κ1) is 22.2. The molecule has 0 atom stereocenters. The fourth-order valence-electron chi connectivity index (χ4n) is 4.32. The number of benzene rings is 1. The zero-order valence-electron chi connectivity index (χ0n) is 18.3. The first-order chi connectivity index (χ1) is 15.6. The second-order valence-electron chi connectivity index (χ2n) is 8.24. The number of nitrogens with zero attached hydrogens (tertiary/aromatic N) is 2. The number of allylic oxidation sites excluding steroid dienone is 1. The highest BCUT2D eigenvalue weighted by Crippen LogP contribution is 2.45. The van der Waals surface area contributed by atoms with Gasteiger partial charge in [0, 0.05) is 24.8 Å². The van der Waals surface area contributed by atoms with Crippen LogP contribution in [0.25, 0.3) is 0 Å². The molecule has 9 nitrogen and oxygen atoms in total. The number of rotatable bonds is 9. The Morgan fingerprint density at radius 1 is 1.25 bits per heavy atom. The Morgan fingerprint density at radius 2 is 2.06 bits per heavy atom. The molecule has 1 aliphatic carbocycles. The van der Waals surface area contributed by atoms with Crippen molar-refractivity contribution in [1.82, 2.24) is 14.9 Å². The molecule has 1 aromatic heterocycles. The molecule has 6 N–H and O–H groups in total. The quantitative estimate of drug-likeness (QED) is 0.374. The largest absolute Gasteiger partial charge is 0.490 e. The predicted octanol–water partition coefficient (Wildman–Crippen LogP) is 2.61. The third-order valence-corrected chi connectivity index (χ3v) is 6.06. The van der Waals surface area contributed by atoms with Crippen molar-refractivity contribution < 1.29 is 9.47 Å². The van der Waals surface area contributed by atoms with E-state index in [0.717, 1.165) is 44.3 Å². The minimum atomic E-state index is -0.285. The van der Waals surface area contributed by atoms with Crippen LogP contribution in [0.3, 0.4) is 0 Å². The Bertz CT molecular complexity index is 1010. The standard InChI is InChI=1S/C23H32N6O3/c1-15(26-12-3-10-24)16-6-8-17(9-7-16)29-14-20-22(28-23(29)30)27-21-18(31-13-11-25)4-2-5-19(21)32-20/h2,4-5,14,16-17,26H,1,3,6-13,24-25H2,(H,27,28,30)/t16-,17-. The van der Waals surface area contributed by atoms with Crippen LogP contribution in [0.15, 0.2) is 41.5 Å². The third-order valence-electron chi connectivity index (χ3n) is 6.06. The highest BCUT2D eigenvalue weighted by atomic mass is 16.5. The second-order valence-corrected chi connectivity index (χ2v) is 8.24. The van der Waals surface area contributed by atoms with E-state index in [2.05, 4.69) is 22.2 Å². The summed E-state index contributed by atoms with van der Waals surface area (Å²) in [6.07, 6.45) is 6.45. The fourth-order valence-corrected chi connectivity index (χ4v) is 4.32. The van der Waals surface area contributed by atoms with Crippen LogP contribution in [-0.4, -0.2) is 35.8 Å². The number of ether oxygens (including phenoxy) is 2. The number of nitrogens with one attached hydrogen (secondary N) is 2. The summed E-state index contributed by atoms with van der Waals surface area (Å²) in [5, 5.41) is 6.58. The number of hydrogen-bond acceptors (Lipinski definition) is 8. The normalized spacial score (nSPS) is 19.2. The topological polar surface area (TPSA) is 129 Å². The highest BCUT2D eigenvalue weighted by molar-refractivity contribution is 5.77. The van der Waals surface area contributed by atoms with Crippen LogP contribution in [0, 0.1) is 5.92 Å². The van der Waals surface area contributed by atoms with Gasteiger partial charge in [-0.3, -0.25) is 4.57 Å². The molecule has 0 bridgehead atoms. The van der Waals surface area contributed by atoms with Gasteiger partial charge in [0.15, 0.2) is 17.3 Å². The van der Waals surface area contributed by atoms with Gasteiger partial charge in [-0.05, 0) is 56.7 Å². The smallest absolute Gasteiger partial charge is 0.350 e. The van der Waals surface area contributed by atoms with Crippen molar-refractivity contribution in [2.45, 2.75) is 38.1 Å². The van der Waals surface area contributed by atoms with Gasteiger partial charge in [-0.1, -0.05) is 12.6 Å². The summed E-state index contributed by atoms with van der Waals surface area (Å²) in [4.78, 5) is 17.1. The molecular weight excluding hydrogens is 408 g/mol. The molecular formula is C23H32N6O3. The lowest BCUT2D eigenvalue weighted by Gasteiger charge is -2.31. The van der Waals surface area contributed by atoms with Gasteiger partial charge in [-0.2, -0.15) is 4.98 Å². The van der Waals surface area contributed by atoms with Crippen LogP contribution in [-0.2, 0) is 0 Å². The molecule has 9 heteroatoms. The summed E-state index contributed by atoms with van der Waals surface area (Å²) >= 11 is 0.